The molecule has 0 radical (unpaired) electrons. The molecule has 31 heavy (non-hydrogen) atoms. The summed E-state index contributed by atoms with van der Waals surface area (Å²) >= 11 is 1.57. The Hall–Kier alpha value is -2.91. The molecule has 1 aliphatic rings. The molecule has 3 heterocycles. The summed E-state index contributed by atoms with van der Waals surface area (Å²) in [5.41, 5.74) is -0.588. The summed E-state index contributed by atoms with van der Waals surface area (Å²) in [5, 5.41) is 24.3. The van der Waals surface area contributed by atoms with Crippen molar-refractivity contribution in [1.82, 2.24) is 19.9 Å². The van der Waals surface area contributed by atoms with Crippen LogP contribution in [0.25, 0.3) is 10.6 Å². The number of nitrogens with zero attached hydrogens (tertiary/aromatic N) is 4. The van der Waals surface area contributed by atoms with E-state index in [1.807, 2.05) is 39.1 Å². The van der Waals surface area contributed by atoms with Crippen LogP contribution in [0, 0.1) is 12.3 Å². The third kappa shape index (κ3) is 4.15. The molecular formula is C22H25N5O3S. The summed E-state index contributed by atoms with van der Waals surface area (Å²) in [5.74, 6) is 0.251. The molecular weight excluding hydrogens is 414 g/mol. The van der Waals surface area contributed by atoms with Crippen molar-refractivity contribution in [2.75, 3.05) is 5.32 Å². The number of carboxylic acid groups (broad SMARTS) is 1. The van der Waals surface area contributed by atoms with Crippen molar-refractivity contribution in [3.8, 4) is 10.6 Å². The zero-order valence-electron chi connectivity index (χ0n) is 17.7. The summed E-state index contributed by atoms with van der Waals surface area (Å²) < 4.78 is 0. The Kier molecular flexibility index (Phi) is 5.49. The lowest BCUT2D eigenvalue weighted by Crippen LogP contribution is -2.54. The van der Waals surface area contributed by atoms with Crippen molar-refractivity contribution >= 4 is 28.9 Å². The van der Waals surface area contributed by atoms with Crippen molar-refractivity contribution in [3.63, 3.8) is 0 Å². The lowest BCUT2D eigenvalue weighted by Gasteiger charge is -2.45. The number of aliphatic carboxylic acids is 1. The molecule has 1 saturated carbocycles. The van der Waals surface area contributed by atoms with Crippen LogP contribution >= 0.6 is 11.3 Å². The van der Waals surface area contributed by atoms with Crippen LogP contribution in [0.4, 0.5) is 11.6 Å². The first-order chi connectivity index (χ1) is 14.7. The smallest absolute Gasteiger partial charge is 0.336 e. The number of aromatic nitrogens is 4. The lowest BCUT2D eigenvalue weighted by atomic mass is 9.62. The van der Waals surface area contributed by atoms with Crippen molar-refractivity contribution in [1.29, 1.82) is 0 Å². The van der Waals surface area contributed by atoms with E-state index in [1.54, 1.807) is 29.9 Å². The zero-order valence-corrected chi connectivity index (χ0v) is 18.5. The van der Waals surface area contributed by atoms with Crippen LogP contribution in [0.1, 0.15) is 49.6 Å². The number of rotatable bonds is 5. The first kappa shape index (κ1) is 21.3. The predicted molar refractivity (Wildman–Crippen MR) is 118 cm³/mol. The first-order valence-electron chi connectivity index (χ1n) is 10.1. The third-order valence-electron chi connectivity index (χ3n) is 6.00. The maximum absolute atomic E-state index is 11.6. The molecule has 2 atom stereocenters. The van der Waals surface area contributed by atoms with Crippen LogP contribution in [0.5, 0.6) is 0 Å². The molecule has 3 aromatic rings. The van der Waals surface area contributed by atoms with Crippen LogP contribution in [0.2, 0.25) is 0 Å². The Labute approximate surface area is 184 Å². The van der Waals surface area contributed by atoms with Crippen LogP contribution in [-0.4, -0.2) is 41.7 Å². The van der Waals surface area contributed by atoms with E-state index in [4.69, 9.17) is 4.98 Å². The van der Waals surface area contributed by atoms with Gasteiger partial charge in [-0.1, -0.05) is 13.8 Å². The SMILES string of the molecule is Cc1cc(Nc2cnccn2)nc(-c2cnc(C3CCC(O)(C(=O)O)C(C)(C)C3)s2)c1. The van der Waals surface area contributed by atoms with E-state index < -0.39 is 17.0 Å². The second kappa shape index (κ2) is 7.97. The number of aliphatic hydroxyl groups is 1. The van der Waals surface area contributed by atoms with Crippen molar-refractivity contribution < 1.29 is 15.0 Å². The van der Waals surface area contributed by atoms with E-state index in [1.165, 1.54) is 0 Å². The average Bonchev–Trinajstić information content (AvgIpc) is 3.20. The van der Waals surface area contributed by atoms with Crippen LogP contribution in [-0.2, 0) is 4.79 Å². The summed E-state index contributed by atoms with van der Waals surface area (Å²) in [6.07, 6.45) is 8.04. The highest BCUT2D eigenvalue weighted by molar-refractivity contribution is 7.15. The predicted octanol–water partition coefficient (Wildman–Crippen LogP) is 4.16. The van der Waals surface area contributed by atoms with Crippen LogP contribution in [0.15, 0.2) is 36.9 Å². The molecule has 0 bridgehead atoms. The molecule has 1 fully saturated rings. The molecule has 0 saturated heterocycles. The van der Waals surface area contributed by atoms with Crippen molar-refractivity contribution in [2.24, 2.45) is 5.41 Å². The van der Waals surface area contributed by atoms with Gasteiger partial charge in [-0.05, 0) is 43.9 Å². The summed E-state index contributed by atoms with van der Waals surface area (Å²) in [6, 6.07) is 3.95. The summed E-state index contributed by atoms with van der Waals surface area (Å²) in [6.45, 7) is 5.63. The number of thiazole rings is 1. The van der Waals surface area contributed by atoms with E-state index in [9.17, 15) is 15.0 Å². The second-order valence-corrected chi connectivity index (χ2v) is 9.74. The Morgan fingerprint density at radius 1 is 1.19 bits per heavy atom. The van der Waals surface area contributed by atoms with E-state index in [2.05, 4.69) is 20.3 Å². The lowest BCUT2D eigenvalue weighted by molar-refractivity contribution is -0.180. The quantitative estimate of drug-likeness (QED) is 0.542. The molecule has 8 nitrogen and oxygen atoms in total. The largest absolute Gasteiger partial charge is 0.479 e. The fraction of sp³-hybridized carbons (Fsp3) is 0.409. The Morgan fingerprint density at radius 3 is 2.68 bits per heavy atom. The van der Waals surface area contributed by atoms with E-state index in [-0.39, 0.29) is 12.3 Å². The molecule has 162 valence electrons. The molecule has 3 N–H and O–H groups in total. The van der Waals surface area contributed by atoms with Gasteiger partial charge in [-0.25, -0.2) is 19.7 Å². The Morgan fingerprint density at radius 2 is 2.00 bits per heavy atom. The molecule has 0 aliphatic heterocycles. The standard InChI is InChI=1S/C22H25N5O3S/c1-13-8-15(26-17(9-13)27-18-12-23-6-7-24-18)16-11-25-19(31-16)14-4-5-22(30,20(28)29)21(2,3)10-14/h6-9,11-12,14,30H,4-5,10H2,1-3H3,(H,28,29)(H,24,26,27). The van der Waals surface area contributed by atoms with Crippen molar-refractivity contribution in [3.05, 3.63) is 47.5 Å². The number of anilines is 2. The minimum atomic E-state index is -1.71. The van der Waals surface area contributed by atoms with Gasteiger partial charge in [0.25, 0.3) is 0 Å². The molecule has 9 heteroatoms. The Balaban J connectivity index is 1.56. The molecule has 0 amide bonds. The van der Waals surface area contributed by atoms with Gasteiger partial charge < -0.3 is 15.5 Å². The molecule has 0 spiro atoms. The zero-order chi connectivity index (χ0) is 22.2. The highest BCUT2D eigenvalue weighted by Crippen LogP contribution is 2.50. The van der Waals surface area contributed by atoms with Gasteiger partial charge in [0.15, 0.2) is 5.60 Å². The average molecular weight is 440 g/mol. The van der Waals surface area contributed by atoms with E-state index in [0.29, 0.717) is 24.5 Å². The minimum absolute atomic E-state index is 0.107. The topological polar surface area (TPSA) is 121 Å². The van der Waals surface area contributed by atoms with Crippen LogP contribution < -0.4 is 5.32 Å². The maximum atomic E-state index is 11.6. The second-order valence-electron chi connectivity index (χ2n) is 8.68. The van der Waals surface area contributed by atoms with E-state index in [0.717, 1.165) is 21.1 Å². The van der Waals surface area contributed by atoms with Gasteiger partial charge in [-0.15, -0.1) is 11.3 Å². The minimum Gasteiger partial charge on any atom is -0.479 e. The molecule has 4 rings (SSSR count). The van der Waals surface area contributed by atoms with Crippen LogP contribution in [0.3, 0.4) is 0 Å². The summed E-state index contributed by atoms with van der Waals surface area (Å²) in [7, 11) is 0. The highest BCUT2D eigenvalue weighted by Gasteiger charge is 2.54. The molecule has 1 aliphatic carbocycles. The first-order valence-corrected chi connectivity index (χ1v) is 10.9. The van der Waals surface area contributed by atoms with Crippen molar-refractivity contribution in [2.45, 2.75) is 51.6 Å². The van der Waals surface area contributed by atoms with Gasteiger partial charge in [0.05, 0.1) is 21.8 Å². The number of hydrogen-bond acceptors (Lipinski definition) is 8. The normalized spacial score (nSPS) is 22.8. The van der Waals surface area contributed by atoms with Gasteiger partial charge in [0.1, 0.15) is 11.6 Å². The van der Waals surface area contributed by atoms with Gasteiger partial charge in [0, 0.05) is 29.9 Å². The number of nitrogens with one attached hydrogen (secondary N) is 1. The fourth-order valence-electron chi connectivity index (χ4n) is 4.16. The number of carboxylic acids is 1. The fourth-order valence-corrected chi connectivity index (χ4v) is 5.18. The number of aryl methyl sites for hydroxylation is 1. The maximum Gasteiger partial charge on any atom is 0.336 e. The Bertz CT molecular complexity index is 1100. The van der Waals surface area contributed by atoms with Gasteiger partial charge in [-0.3, -0.25) is 4.98 Å². The van der Waals surface area contributed by atoms with Gasteiger partial charge in [0.2, 0.25) is 0 Å². The monoisotopic (exact) mass is 439 g/mol. The highest BCUT2D eigenvalue weighted by atomic mass is 32.1. The summed E-state index contributed by atoms with van der Waals surface area (Å²) in [4.78, 5) is 30.2. The number of hydrogen-bond donors (Lipinski definition) is 3. The number of pyridine rings is 1. The molecule has 2 unspecified atom stereocenters. The number of carbonyl (C=O) groups is 1. The molecule has 3 aromatic heterocycles. The molecule has 0 aromatic carbocycles. The third-order valence-corrected chi connectivity index (χ3v) is 7.18. The van der Waals surface area contributed by atoms with Gasteiger partial charge in [-0.2, -0.15) is 0 Å². The van der Waals surface area contributed by atoms with Gasteiger partial charge >= 0.3 is 5.97 Å². The van der Waals surface area contributed by atoms with E-state index >= 15 is 0 Å².